The molecule has 2 heterocycles. The highest BCUT2D eigenvalue weighted by atomic mass is 32.1. The lowest BCUT2D eigenvalue weighted by molar-refractivity contribution is -0.135. The van der Waals surface area contributed by atoms with Crippen LogP contribution in [0.4, 0.5) is 4.79 Å². The summed E-state index contributed by atoms with van der Waals surface area (Å²) in [6.07, 6.45) is 5.34. The number of carbonyl (C=O) groups is 2. The number of nitrogens with zero attached hydrogens (tertiary/aromatic N) is 1. The summed E-state index contributed by atoms with van der Waals surface area (Å²) in [6.45, 7) is 0.342. The Balaban J connectivity index is 1.29. The van der Waals surface area contributed by atoms with Gasteiger partial charge in [-0.05, 0) is 48.6 Å². The molecular weight excluding hydrogens is 440 g/mol. The predicted octanol–water partition coefficient (Wildman–Crippen LogP) is 4.86. The first-order valence-corrected chi connectivity index (χ1v) is 11.5. The van der Waals surface area contributed by atoms with Crippen LogP contribution in [-0.4, -0.2) is 30.2 Å². The first-order chi connectivity index (χ1) is 16.1. The van der Waals surface area contributed by atoms with Crippen molar-refractivity contribution in [1.29, 1.82) is 0 Å². The maximum Gasteiger partial charge on any atom is 0.415 e. The first kappa shape index (κ1) is 22.5. The highest BCUT2D eigenvalue weighted by molar-refractivity contribution is 7.10. The van der Waals surface area contributed by atoms with E-state index in [9.17, 15) is 9.59 Å². The quantitative estimate of drug-likeness (QED) is 0.341. The van der Waals surface area contributed by atoms with Crippen LogP contribution in [0.1, 0.15) is 34.7 Å². The average Bonchev–Trinajstić information content (AvgIpc) is 3.42. The van der Waals surface area contributed by atoms with Crippen LogP contribution in [0.15, 0.2) is 53.9 Å². The number of hydrogen-bond acceptors (Lipinski definition) is 7. The number of benzene rings is 2. The van der Waals surface area contributed by atoms with Crippen LogP contribution < -0.4 is 14.8 Å². The number of carbonyl (C=O) groups excluding carboxylic acids is 2. The van der Waals surface area contributed by atoms with Crippen molar-refractivity contribution in [2.75, 3.05) is 7.11 Å². The summed E-state index contributed by atoms with van der Waals surface area (Å²) in [6, 6.07) is 15.3. The molecule has 1 fully saturated rings. The summed E-state index contributed by atoms with van der Waals surface area (Å²) in [5, 5.41) is 5.41. The zero-order valence-corrected chi connectivity index (χ0v) is 19.0. The number of alkyl carbamates (subject to hydrolysis) is 1. The van der Waals surface area contributed by atoms with Gasteiger partial charge in [-0.2, -0.15) is 0 Å². The van der Waals surface area contributed by atoms with Gasteiger partial charge in [-0.15, -0.1) is 11.3 Å². The van der Waals surface area contributed by atoms with Gasteiger partial charge >= 0.3 is 12.1 Å². The highest BCUT2D eigenvalue weighted by Crippen LogP contribution is 2.30. The molecular formula is C25H24N2O5S. The van der Waals surface area contributed by atoms with Crippen molar-refractivity contribution in [2.24, 2.45) is 0 Å². The summed E-state index contributed by atoms with van der Waals surface area (Å²) in [5.74, 6) is 0.768. The van der Waals surface area contributed by atoms with Crippen LogP contribution in [0.25, 0.3) is 12.2 Å². The van der Waals surface area contributed by atoms with Crippen molar-refractivity contribution >= 4 is 35.6 Å². The van der Waals surface area contributed by atoms with Crippen molar-refractivity contribution in [3.8, 4) is 11.5 Å². The Kier molecular flexibility index (Phi) is 7.36. The lowest BCUT2D eigenvalue weighted by Gasteiger charge is -2.12. The first-order valence-electron chi connectivity index (χ1n) is 10.6. The van der Waals surface area contributed by atoms with Gasteiger partial charge in [0.05, 0.1) is 12.8 Å². The molecule has 1 aliphatic heterocycles. The van der Waals surface area contributed by atoms with Crippen LogP contribution in [0.5, 0.6) is 11.5 Å². The summed E-state index contributed by atoms with van der Waals surface area (Å²) in [4.78, 5) is 27.2. The zero-order valence-electron chi connectivity index (χ0n) is 18.2. The van der Waals surface area contributed by atoms with Gasteiger partial charge in [0.15, 0.2) is 11.5 Å². The SMILES string of the molecule is COc1cc(CCCC2NC(=O)OC2=O)ccc1OCc1csc(C=Cc2ccccc2)n1. The van der Waals surface area contributed by atoms with Crippen LogP contribution in [-0.2, 0) is 22.6 Å². The molecule has 0 bridgehead atoms. The van der Waals surface area contributed by atoms with Crippen LogP contribution in [0, 0.1) is 0 Å². The van der Waals surface area contributed by atoms with Gasteiger partial charge in [-0.1, -0.05) is 42.5 Å². The molecule has 1 N–H and O–H groups in total. The summed E-state index contributed by atoms with van der Waals surface area (Å²) < 4.78 is 15.9. The molecule has 1 unspecified atom stereocenters. The third-order valence-corrected chi connectivity index (χ3v) is 5.98. The molecule has 1 aromatic heterocycles. The maximum absolute atomic E-state index is 11.5. The van der Waals surface area contributed by atoms with Crippen LogP contribution >= 0.6 is 11.3 Å². The number of rotatable bonds is 10. The largest absolute Gasteiger partial charge is 0.493 e. The van der Waals surface area contributed by atoms with Crippen molar-refractivity contribution in [3.05, 3.63) is 75.7 Å². The van der Waals surface area contributed by atoms with E-state index < -0.39 is 18.1 Å². The fraction of sp³-hybridized carbons (Fsp3) is 0.240. The number of esters is 1. The molecule has 3 aromatic rings. The highest BCUT2D eigenvalue weighted by Gasteiger charge is 2.31. The monoisotopic (exact) mass is 464 g/mol. The van der Waals surface area contributed by atoms with E-state index >= 15 is 0 Å². The van der Waals surface area contributed by atoms with Crippen molar-refractivity contribution < 1.29 is 23.8 Å². The van der Waals surface area contributed by atoms with Crippen molar-refractivity contribution in [2.45, 2.75) is 31.9 Å². The number of cyclic esters (lactones) is 2. The number of thiazole rings is 1. The molecule has 2 aromatic carbocycles. The van der Waals surface area contributed by atoms with Gasteiger partial charge < -0.3 is 19.5 Å². The Morgan fingerprint density at radius 3 is 2.73 bits per heavy atom. The molecule has 7 nitrogen and oxygen atoms in total. The molecule has 0 saturated carbocycles. The Hall–Kier alpha value is -3.65. The second-order valence-corrected chi connectivity index (χ2v) is 8.38. The van der Waals surface area contributed by atoms with E-state index in [1.807, 2.05) is 66.1 Å². The third-order valence-electron chi connectivity index (χ3n) is 5.12. The van der Waals surface area contributed by atoms with Gasteiger partial charge in [0.1, 0.15) is 17.7 Å². The van der Waals surface area contributed by atoms with Gasteiger partial charge in [-0.25, -0.2) is 14.6 Å². The molecule has 170 valence electrons. The number of nitrogens with one attached hydrogen (secondary N) is 1. The molecule has 1 aliphatic rings. The number of amides is 1. The number of ether oxygens (including phenoxy) is 3. The second kappa shape index (κ2) is 10.8. The summed E-state index contributed by atoms with van der Waals surface area (Å²) in [5.41, 5.74) is 3.03. The molecule has 0 aliphatic carbocycles. The van der Waals surface area contributed by atoms with Crippen LogP contribution in [0.3, 0.4) is 0 Å². The minimum absolute atomic E-state index is 0.342. The second-order valence-electron chi connectivity index (χ2n) is 7.49. The Morgan fingerprint density at radius 2 is 1.97 bits per heavy atom. The van der Waals surface area contributed by atoms with Gasteiger partial charge in [-0.3, -0.25) is 0 Å². The lowest BCUT2D eigenvalue weighted by atomic mass is 10.0. The third kappa shape index (κ3) is 6.20. The van der Waals surface area contributed by atoms with E-state index in [0.29, 0.717) is 24.5 Å². The standard InChI is InChI=1S/C25H24N2O5S/c1-30-22-14-18(8-5-9-20-24(28)32-25(29)27-20)10-12-21(22)31-15-19-16-33-23(26-19)13-11-17-6-3-2-4-7-17/h2-4,6-7,10-14,16,20H,5,8-9,15H2,1H3,(H,27,29). The Bertz CT molecular complexity index is 1140. The fourth-order valence-corrected chi connectivity index (χ4v) is 4.12. The number of methoxy groups -OCH3 is 1. The minimum Gasteiger partial charge on any atom is -0.493 e. The molecule has 33 heavy (non-hydrogen) atoms. The van der Waals surface area contributed by atoms with E-state index in [1.165, 1.54) is 0 Å². The van der Waals surface area contributed by atoms with E-state index in [1.54, 1.807) is 18.4 Å². The minimum atomic E-state index is -0.673. The normalized spacial score (nSPS) is 15.5. The summed E-state index contributed by atoms with van der Waals surface area (Å²) >= 11 is 1.57. The smallest absolute Gasteiger partial charge is 0.415 e. The Labute approximate surface area is 196 Å². The number of aryl methyl sites for hydroxylation is 1. The van der Waals surface area contributed by atoms with E-state index in [4.69, 9.17) is 9.47 Å². The number of hydrogen-bond donors (Lipinski definition) is 1. The molecule has 4 rings (SSSR count). The summed E-state index contributed by atoms with van der Waals surface area (Å²) in [7, 11) is 1.60. The molecule has 1 amide bonds. The van der Waals surface area contributed by atoms with Crippen molar-refractivity contribution in [1.82, 2.24) is 10.3 Å². The molecule has 0 spiro atoms. The van der Waals surface area contributed by atoms with Crippen molar-refractivity contribution in [3.63, 3.8) is 0 Å². The Morgan fingerprint density at radius 1 is 1.12 bits per heavy atom. The molecule has 0 radical (unpaired) electrons. The van der Waals surface area contributed by atoms with Gasteiger partial charge in [0, 0.05) is 5.38 Å². The van der Waals surface area contributed by atoms with E-state index in [2.05, 4.69) is 15.0 Å². The average molecular weight is 465 g/mol. The van der Waals surface area contributed by atoms with E-state index in [-0.39, 0.29) is 0 Å². The fourth-order valence-electron chi connectivity index (χ4n) is 3.43. The van der Waals surface area contributed by atoms with Gasteiger partial charge in [0.25, 0.3) is 0 Å². The molecule has 1 saturated heterocycles. The predicted molar refractivity (Wildman–Crippen MR) is 126 cm³/mol. The van der Waals surface area contributed by atoms with E-state index in [0.717, 1.165) is 34.7 Å². The molecule has 1 atom stereocenters. The molecule has 8 heteroatoms. The topological polar surface area (TPSA) is 86.8 Å². The van der Waals surface area contributed by atoms with Crippen LogP contribution in [0.2, 0.25) is 0 Å². The lowest BCUT2D eigenvalue weighted by Crippen LogP contribution is -2.28. The van der Waals surface area contributed by atoms with Gasteiger partial charge in [0.2, 0.25) is 0 Å². The number of aromatic nitrogens is 1. The zero-order chi connectivity index (χ0) is 23.0. The maximum atomic E-state index is 11.5.